The van der Waals surface area contributed by atoms with Crippen LogP contribution in [0.5, 0.6) is 0 Å². The molecule has 0 aliphatic heterocycles. The molecule has 0 atom stereocenters. The second-order valence-corrected chi connectivity index (χ2v) is 4.45. The van der Waals surface area contributed by atoms with E-state index in [0.717, 1.165) is 5.56 Å². The molecule has 2 N–H and O–H groups in total. The van der Waals surface area contributed by atoms with Crippen LogP contribution in [0.2, 0.25) is 0 Å². The third-order valence-corrected chi connectivity index (χ3v) is 2.55. The molecule has 20 heavy (non-hydrogen) atoms. The van der Waals surface area contributed by atoms with Gasteiger partial charge in [0.25, 0.3) is 0 Å². The van der Waals surface area contributed by atoms with Crippen molar-refractivity contribution in [2.24, 2.45) is 0 Å². The topological polar surface area (TPSA) is 70.7 Å². The van der Waals surface area contributed by atoms with Crippen LogP contribution in [-0.4, -0.2) is 50.7 Å². The van der Waals surface area contributed by atoms with Gasteiger partial charge in [-0.3, -0.25) is 15.0 Å². The third-order valence-electron chi connectivity index (χ3n) is 2.55. The Labute approximate surface area is 119 Å². The van der Waals surface area contributed by atoms with Crippen molar-refractivity contribution in [3.05, 3.63) is 35.9 Å². The zero-order valence-electron chi connectivity index (χ0n) is 11.9. The molecule has 0 saturated carbocycles. The first-order valence-corrected chi connectivity index (χ1v) is 6.41. The molecule has 0 fully saturated rings. The number of hydrogen-bond acceptors (Lipinski definition) is 4. The molecule has 0 unspecified atom stereocenters. The summed E-state index contributed by atoms with van der Waals surface area (Å²) in [6.07, 6.45) is 0. The second kappa shape index (κ2) is 9.06. The Morgan fingerprint density at radius 3 is 2.60 bits per heavy atom. The maximum Gasteiger partial charge on any atom is 0.321 e. The minimum absolute atomic E-state index is 0.159. The summed E-state index contributed by atoms with van der Waals surface area (Å²) < 4.78 is 4.79. The van der Waals surface area contributed by atoms with Gasteiger partial charge in [0, 0.05) is 20.2 Å². The second-order valence-electron chi connectivity index (χ2n) is 4.45. The van der Waals surface area contributed by atoms with E-state index in [1.54, 1.807) is 7.11 Å². The Hall–Kier alpha value is -1.92. The number of nitrogens with one attached hydrogen (secondary N) is 2. The molecule has 0 radical (unpaired) electrons. The molecule has 0 saturated heterocycles. The highest BCUT2D eigenvalue weighted by molar-refractivity contribution is 5.95. The number of amides is 3. The summed E-state index contributed by atoms with van der Waals surface area (Å²) in [5, 5.41) is 4.79. The van der Waals surface area contributed by atoms with Crippen LogP contribution >= 0.6 is 0 Å². The summed E-state index contributed by atoms with van der Waals surface area (Å²) in [6.45, 7) is 1.59. The minimum Gasteiger partial charge on any atom is -0.383 e. The van der Waals surface area contributed by atoms with Gasteiger partial charge in [0.2, 0.25) is 5.91 Å². The highest BCUT2D eigenvalue weighted by Crippen LogP contribution is 2.01. The summed E-state index contributed by atoms with van der Waals surface area (Å²) in [4.78, 5) is 24.8. The number of imide groups is 1. The van der Waals surface area contributed by atoms with Crippen molar-refractivity contribution >= 4 is 11.9 Å². The average Bonchev–Trinajstić information content (AvgIpc) is 2.39. The van der Waals surface area contributed by atoms with Crippen LogP contribution < -0.4 is 10.6 Å². The highest BCUT2D eigenvalue weighted by Gasteiger charge is 2.10. The quantitative estimate of drug-likeness (QED) is 0.717. The van der Waals surface area contributed by atoms with Gasteiger partial charge < -0.3 is 10.1 Å². The predicted molar refractivity (Wildman–Crippen MR) is 76.2 cm³/mol. The lowest BCUT2D eigenvalue weighted by molar-refractivity contribution is -0.120. The number of rotatable bonds is 7. The molecule has 0 bridgehead atoms. The van der Waals surface area contributed by atoms with Crippen molar-refractivity contribution in [1.82, 2.24) is 15.5 Å². The number of hydrogen-bond donors (Lipinski definition) is 2. The molecule has 0 heterocycles. The van der Waals surface area contributed by atoms with Crippen LogP contribution in [-0.2, 0) is 16.1 Å². The summed E-state index contributed by atoms with van der Waals surface area (Å²) in [5.74, 6) is -0.335. The van der Waals surface area contributed by atoms with Gasteiger partial charge in [-0.15, -0.1) is 0 Å². The van der Waals surface area contributed by atoms with Crippen LogP contribution in [0.1, 0.15) is 5.56 Å². The van der Waals surface area contributed by atoms with Crippen molar-refractivity contribution in [2.45, 2.75) is 6.54 Å². The van der Waals surface area contributed by atoms with Gasteiger partial charge >= 0.3 is 6.03 Å². The molecule has 1 aromatic carbocycles. The van der Waals surface area contributed by atoms with Gasteiger partial charge in [0.05, 0.1) is 13.2 Å². The monoisotopic (exact) mass is 279 g/mol. The summed E-state index contributed by atoms with van der Waals surface area (Å²) >= 11 is 0. The number of carbonyl (C=O) groups is 2. The zero-order chi connectivity index (χ0) is 14.8. The standard InChI is InChI=1S/C14H21N3O3/c1-17(10-12-6-4-3-5-7-12)11-13(18)16-14(19)15-8-9-20-2/h3-7H,8-11H2,1-2H3,(H2,15,16,18,19). The molecule has 0 aromatic heterocycles. The number of urea groups is 1. The number of carbonyl (C=O) groups excluding carboxylic acids is 2. The Balaban J connectivity index is 2.26. The van der Waals surface area contributed by atoms with Crippen LogP contribution in [0.3, 0.4) is 0 Å². The fourth-order valence-electron chi connectivity index (χ4n) is 1.67. The molecule has 0 spiro atoms. The smallest absolute Gasteiger partial charge is 0.321 e. The van der Waals surface area contributed by atoms with Crippen LogP contribution in [0, 0.1) is 0 Å². The van der Waals surface area contributed by atoms with Crippen LogP contribution in [0.25, 0.3) is 0 Å². The van der Waals surface area contributed by atoms with Gasteiger partial charge in [-0.05, 0) is 12.6 Å². The highest BCUT2D eigenvalue weighted by atomic mass is 16.5. The van der Waals surface area contributed by atoms with E-state index in [9.17, 15) is 9.59 Å². The first-order valence-electron chi connectivity index (χ1n) is 6.41. The molecule has 110 valence electrons. The van der Waals surface area contributed by atoms with E-state index in [4.69, 9.17) is 4.74 Å². The van der Waals surface area contributed by atoms with Crippen molar-refractivity contribution in [3.8, 4) is 0 Å². The number of methoxy groups -OCH3 is 1. The van der Waals surface area contributed by atoms with Crippen molar-refractivity contribution in [1.29, 1.82) is 0 Å². The first-order chi connectivity index (χ1) is 9.61. The third kappa shape index (κ3) is 6.86. The van der Waals surface area contributed by atoms with Gasteiger partial charge in [0.1, 0.15) is 0 Å². The average molecular weight is 279 g/mol. The molecule has 1 rings (SSSR count). The Bertz CT molecular complexity index is 423. The first kappa shape index (κ1) is 16.1. The van der Waals surface area contributed by atoms with E-state index in [1.165, 1.54) is 0 Å². The lowest BCUT2D eigenvalue weighted by Crippen LogP contribution is -2.44. The number of likely N-dealkylation sites (N-methyl/N-ethyl adjacent to an activating group) is 1. The van der Waals surface area contributed by atoms with Gasteiger partial charge in [-0.1, -0.05) is 30.3 Å². The van der Waals surface area contributed by atoms with Gasteiger partial charge in [-0.2, -0.15) is 0 Å². The maximum atomic E-state index is 11.6. The van der Waals surface area contributed by atoms with Crippen molar-refractivity contribution in [3.63, 3.8) is 0 Å². The van der Waals surface area contributed by atoms with E-state index in [-0.39, 0.29) is 12.5 Å². The molecule has 0 aliphatic carbocycles. The van der Waals surface area contributed by atoms with E-state index < -0.39 is 6.03 Å². The molecule has 3 amide bonds. The zero-order valence-corrected chi connectivity index (χ0v) is 11.9. The minimum atomic E-state index is -0.500. The molecule has 0 aliphatic rings. The van der Waals surface area contributed by atoms with Crippen LogP contribution in [0.4, 0.5) is 4.79 Å². The van der Waals surface area contributed by atoms with E-state index >= 15 is 0 Å². The van der Waals surface area contributed by atoms with E-state index in [2.05, 4.69) is 10.6 Å². The van der Waals surface area contributed by atoms with Gasteiger partial charge in [-0.25, -0.2) is 4.79 Å². The molecule has 6 heteroatoms. The normalized spacial score (nSPS) is 10.3. The van der Waals surface area contributed by atoms with Gasteiger partial charge in [0.15, 0.2) is 0 Å². The molecule has 6 nitrogen and oxygen atoms in total. The van der Waals surface area contributed by atoms with Crippen LogP contribution in [0.15, 0.2) is 30.3 Å². The lowest BCUT2D eigenvalue weighted by Gasteiger charge is -2.16. The predicted octanol–water partition coefficient (Wildman–Crippen LogP) is 0.591. The number of nitrogens with zero attached hydrogens (tertiary/aromatic N) is 1. The summed E-state index contributed by atoms with van der Waals surface area (Å²) in [6, 6.07) is 9.33. The Kier molecular flexibility index (Phi) is 7.31. The number of benzene rings is 1. The fourth-order valence-corrected chi connectivity index (χ4v) is 1.67. The molecular weight excluding hydrogens is 258 g/mol. The van der Waals surface area contributed by atoms with Crippen molar-refractivity contribution < 1.29 is 14.3 Å². The SMILES string of the molecule is COCCNC(=O)NC(=O)CN(C)Cc1ccccc1. The van der Waals surface area contributed by atoms with Crippen molar-refractivity contribution in [2.75, 3.05) is 33.9 Å². The Morgan fingerprint density at radius 1 is 1.25 bits per heavy atom. The molecule has 1 aromatic rings. The van der Waals surface area contributed by atoms with E-state index in [0.29, 0.717) is 19.7 Å². The van der Waals surface area contributed by atoms with E-state index in [1.807, 2.05) is 42.3 Å². The molecular formula is C14H21N3O3. The Morgan fingerprint density at radius 2 is 1.95 bits per heavy atom. The lowest BCUT2D eigenvalue weighted by atomic mass is 10.2. The largest absolute Gasteiger partial charge is 0.383 e. The fraction of sp³-hybridized carbons (Fsp3) is 0.429. The maximum absolute atomic E-state index is 11.6. The summed E-state index contributed by atoms with van der Waals surface area (Å²) in [5.41, 5.74) is 1.12. The number of ether oxygens (including phenoxy) is 1. The summed E-state index contributed by atoms with van der Waals surface area (Å²) in [7, 11) is 3.37.